The fourth-order valence-electron chi connectivity index (χ4n) is 4.92. The first-order chi connectivity index (χ1) is 13.6. The molecule has 2 atom stereocenters. The fourth-order valence-corrected chi connectivity index (χ4v) is 4.92. The summed E-state index contributed by atoms with van der Waals surface area (Å²) in [5, 5.41) is 0. The monoisotopic (exact) mass is 385 g/mol. The number of ether oxygens (including phenoxy) is 1. The molecule has 0 aromatic heterocycles. The Balaban J connectivity index is 1.34. The smallest absolute Gasteiger partial charge is 0.224 e. The quantitative estimate of drug-likeness (QED) is 0.753. The van der Waals surface area contributed by atoms with E-state index in [1.807, 2.05) is 17.0 Å². The molecule has 0 radical (unpaired) electrons. The first-order valence-corrected chi connectivity index (χ1v) is 10.5. The Morgan fingerprint density at radius 3 is 2.68 bits per heavy atom. The molecule has 2 bridgehead atoms. The average Bonchev–Trinajstić information content (AvgIpc) is 2.92. The van der Waals surface area contributed by atoms with Crippen LogP contribution < -0.4 is 4.74 Å². The number of methoxy groups -OCH3 is 1. The van der Waals surface area contributed by atoms with Crippen molar-refractivity contribution in [1.82, 2.24) is 14.7 Å². The van der Waals surface area contributed by atoms with Crippen molar-refractivity contribution in [1.29, 1.82) is 0 Å². The van der Waals surface area contributed by atoms with Gasteiger partial charge in [-0.2, -0.15) is 0 Å². The molecule has 4 saturated heterocycles. The van der Waals surface area contributed by atoms with E-state index in [0.717, 1.165) is 51.3 Å². The summed E-state index contributed by atoms with van der Waals surface area (Å²) in [5.74, 6) is 1.86. The Bertz CT molecular complexity index is 705. The highest BCUT2D eigenvalue weighted by atomic mass is 16.5. The highest BCUT2D eigenvalue weighted by Crippen LogP contribution is 2.29. The van der Waals surface area contributed by atoms with Crippen LogP contribution >= 0.6 is 0 Å². The number of likely N-dealkylation sites (tertiary alicyclic amines) is 1. The second-order valence-corrected chi connectivity index (χ2v) is 8.42. The molecule has 1 aromatic carbocycles. The van der Waals surface area contributed by atoms with E-state index < -0.39 is 0 Å². The summed E-state index contributed by atoms with van der Waals surface area (Å²) < 4.78 is 5.25. The van der Waals surface area contributed by atoms with Crippen molar-refractivity contribution < 1.29 is 14.3 Å². The molecule has 0 spiro atoms. The van der Waals surface area contributed by atoms with E-state index in [1.165, 1.54) is 12.0 Å². The number of hydrogen-bond donors (Lipinski definition) is 0. The van der Waals surface area contributed by atoms with Gasteiger partial charge in [0.05, 0.1) is 7.11 Å². The van der Waals surface area contributed by atoms with E-state index in [0.29, 0.717) is 31.3 Å². The Morgan fingerprint density at radius 1 is 1.14 bits per heavy atom. The number of amides is 2. The van der Waals surface area contributed by atoms with Gasteiger partial charge in [0.1, 0.15) is 5.75 Å². The predicted octanol–water partition coefficient (Wildman–Crippen LogP) is 2.13. The van der Waals surface area contributed by atoms with E-state index in [4.69, 9.17) is 4.74 Å². The summed E-state index contributed by atoms with van der Waals surface area (Å²) in [6, 6.07) is 8.58. The van der Waals surface area contributed by atoms with Gasteiger partial charge >= 0.3 is 0 Å². The van der Waals surface area contributed by atoms with Gasteiger partial charge in [-0.15, -0.1) is 0 Å². The molecule has 4 aliphatic heterocycles. The molecule has 0 unspecified atom stereocenters. The van der Waals surface area contributed by atoms with Gasteiger partial charge < -0.3 is 14.5 Å². The van der Waals surface area contributed by atoms with Crippen molar-refractivity contribution in [2.75, 3.05) is 39.8 Å². The molecule has 6 nitrogen and oxygen atoms in total. The van der Waals surface area contributed by atoms with E-state index in [2.05, 4.69) is 21.9 Å². The van der Waals surface area contributed by atoms with E-state index in [9.17, 15) is 9.59 Å². The lowest BCUT2D eigenvalue weighted by Gasteiger charge is -2.36. The van der Waals surface area contributed by atoms with Crippen LogP contribution in [-0.2, 0) is 16.1 Å². The van der Waals surface area contributed by atoms with Crippen molar-refractivity contribution in [2.24, 2.45) is 5.92 Å². The Morgan fingerprint density at radius 2 is 1.96 bits per heavy atom. The van der Waals surface area contributed by atoms with E-state index >= 15 is 0 Å². The summed E-state index contributed by atoms with van der Waals surface area (Å²) in [7, 11) is 1.69. The molecule has 4 heterocycles. The van der Waals surface area contributed by atoms with Crippen LogP contribution in [0.5, 0.6) is 5.75 Å². The molecule has 4 fully saturated rings. The minimum atomic E-state index is 0.204. The van der Waals surface area contributed by atoms with Gasteiger partial charge in [0.2, 0.25) is 11.8 Å². The zero-order valence-electron chi connectivity index (χ0n) is 16.8. The zero-order chi connectivity index (χ0) is 19.5. The first kappa shape index (κ1) is 19.2. The average molecular weight is 386 g/mol. The third-order valence-corrected chi connectivity index (χ3v) is 6.44. The largest absolute Gasteiger partial charge is 0.497 e. The number of carbonyl (C=O) groups excluding carboxylic acids is 2. The number of piperidine rings is 1. The second kappa shape index (κ2) is 8.52. The summed E-state index contributed by atoms with van der Waals surface area (Å²) in [4.78, 5) is 31.2. The van der Waals surface area contributed by atoms with Gasteiger partial charge in [0, 0.05) is 58.2 Å². The van der Waals surface area contributed by atoms with Crippen LogP contribution in [-0.4, -0.2) is 72.4 Å². The highest BCUT2D eigenvalue weighted by molar-refractivity contribution is 5.80. The topological polar surface area (TPSA) is 53.1 Å². The molecule has 0 N–H and O–H groups in total. The van der Waals surface area contributed by atoms with E-state index in [-0.39, 0.29) is 11.8 Å². The van der Waals surface area contributed by atoms with Crippen molar-refractivity contribution in [2.45, 2.75) is 44.7 Å². The van der Waals surface area contributed by atoms with Gasteiger partial charge in [-0.25, -0.2) is 0 Å². The van der Waals surface area contributed by atoms with Crippen LogP contribution in [0.1, 0.15) is 37.7 Å². The maximum Gasteiger partial charge on any atom is 0.224 e. The van der Waals surface area contributed by atoms with E-state index in [1.54, 1.807) is 7.11 Å². The van der Waals surface area contributed by atoms with Crippen molar-refractivity contribution in [3.05, 3.63) is 29.8 Å². The summed E-state index contributed by atoms with van der Waals surface area (Å²) in [6.45, 7) is 5.18. The normalized spacial score (nSPS) is 25.2. The molecular weight excluding hydrogens is 354 g/mol. The molecule has 2 amide bonds. The third kappa shape index (κ3) is 4.32. The number of nitrogens with zero attached hydrogens (tertiary/aromatic N) is 3. The summed E-state index contributed by atoms with van der Waals surface area (Å²) in [5.41, 5.74) is 1.28. The minimum absolute atomic E-state index is 0.204. The lowest BCUT2D eigenvalue weighted by atomic mass is 9.94. The lowest BCUT2D eigenvalue weighted by molar-refractivity contribution is -0.136. The van der Waals surface area contributed by atoms with Crippen molar-refractivity contribution in [3.63, 3.8) is 0 Å². The number of fused-ring (bicyclic) bond motifs is 4. The fraction of sp³-hybridized carbons (Fsp3) is 0.636. The third-order valence-electron chi connectivity index (χ3n) is 6.44. The van der Waals surface area contributed by atoms with Crippen LogP contribution in [0.15, 0.2) is 24.3 Å². The highest BCUT2D eigenvalue weighted by Gasteiger charge is 2.37. The van der Waals surface area contributed by atoms with Gasteiger partial charge in [-0.3, -0.25) is 14.5 Å². The van der Waals surface area contributed by atoms with Gasteiger partial charge in [-0.05, 0) is 42.9 Å². The standard InChI is InChI=1S/C22H31N3O3/c1-28-20-8-5-17(6-9-20)13-23-14-18-4-7-19(16-23)25(15-18)22(27)10-12-24-11-2-3-21(24)26/h5-6,8-9,18-19H,2-4,7,10-16H2,1H3/t18-,19+/m1/s1. The van der Waals surface area contributed by atoms with Crippen molar-refractivity contribution >= 4 is 11.8 Å². The molecule has 152 valence electrons. The number of benzene rings is 1. The van der Waals surface area contributed by atoms with Gasteiger partial charge in [-0.1, -0.05) is 12.1 Å². The summed E-state index contributed by atoms with van der Waals surface area (Å²) >= 11 is 0. The molecule has 1 aromatic rings. The van der Waals surface area contributed by atoms with Crippen LogP contribution in [0.2, 0.25) is 0 Å². The zero-order valence-corrected chi connectivity index (χ0v) is 16.8. The van der Waals surface area contributed by atoms with Gasteiger partial charge in [0.25, 0.3) is 0 Å². The molecule has 5 rings (SSSR count). The Hall–Kier alpha value is -2.08. The molecular formula is C22H31N3O3. The number of carbonyl (C=O) groups is 2. The molecule has 4 aliphatic rings. The molecule has 6 heteroatoms. The van der Waals surface area contributed by atoms with Gasteiger partial charge in [0.15, 0.2) is 0 Å². The number of hydrogen-bond acceptors (Lipinski definition) is 4. The molecule has 0 aliphatic carbocycles. The maximum absolute atomic E-state index is 12.9. The van der Waals surface area contributed by atoms with Crippen molar-refractivity contribution in [3.8, 4) is 5.75 Å². The molecule has 0 saturated carbocycles. The lowest BCUT2D eigenvalue weighted by Crippen LogP contribution is -2.48. The minimum Gasteiger partial charge on any atom is -0.497 e. The van der Waals surface area contributed by atoms with Crippen LogP contribution in [0.25, 0.3) is 0 Å². The first-order valence-electron chi connectivity index (χ1n) is 10.5. The Labute approximate surface area is 167 Å². The summed E-state index contributed by atoms with van der Waals surface area (Å²) in [6.07, 6.45) is 4.34. The van der Waals surface area contributed by atoms with Crippen LogP contribution in [0.3, 0.4) is 0 Å². The SMILES string of the molecule is COc1ccc(CN2C[C@H]3CC[C@@H](C2)N(C(=O)CCN2CCCC2=O)C3)cc1. The Kier molecular flexibility index (Phi) is 5.85. The molecule has 28 heavy (non-hydrogen) atoms. The number of rotatable bonds is 6. The second-order valence-electron chi connectivity index (χ2n) is 8.42. The van der Waals surface area contributed by atoms with Crippen LogP contribution in [0.4, 0.5) is 0 Å². The van der Waals surface area contributed by atoms with Crippen LogP contribution in [0, 0.1) is 5.92 Å². The maximum atomic E-state index is 12.9. The predicted molar refractivity (Wildman–Crippen MR) is 107 cm³/mol.